The number of ether oxygens (including phenoxy) is 1. The Kier molecular flexibility index (Phi) is 5.71. The monoisotopic (exact) mass is 277 g/mol. The van der Waals surface area contributed by atoms with Gasteiger partial charge in [0.05, 0.1) is 6.26 Å². The molecular weight excluding hydrogens is 246 g/mol. The van der Waals surface area contributed by atoms with Crippen molar-refractivity contribution >= 4 is 0 Å². The molecule has 114 valence electrons. The molecule has 1 saturated carbocycles. The van der Waals surface area contributed by atoms with Crippen LogP contribution in [0.25, 0.3) is 0 Å². The van der Waals surface area contributed by atoms with Gasteiger partial charge in [-0.05, 0) is 64.5 Å². The second-order valence-electron chi connectivity index (χ2n) is 7.30. The Hall–Kier alpha value is -0.760. The van der Waals surface area contributed by atoms with Crippen LogP contribution in [0.15, 0.2) is 24.0 Å². The molecule has 0 amide bonds. The Balaban J connectivity index is 2.01. The summed E-state index contributed by atoms with van der Waals surface area (Å²) in [6.07, 6.45) is 15.9. The van der Waals surface area contributed by atoms with Crippen molar-refractivity contribution < 1.29 is 4.74 Å². The van der Waals surface area contributed by atoms with E-state index in [1.807, 2.05) is 6.26 Å². The molecule has 0 aromatic carbocycles. The molecule has 1 heterocycles. The molecule has 0 aromatic heterocycles. The van der Waals surface area contributed by atoms with E-state index in [9.17, 15) is 0 Å². The van der Waals surface area contributed by atoms with Crippen molar-refractivity contribution in [1.82, 2.24) is 5.32 Å². The fourth-order valence-corrected chi connectivity index (χ4v) is 3.09. The molecule has 2 rings (SSSR count). The van der Waals surface area contributed by atoms with Gasteiger partial charge in [0.1, 0.15) is 6.10 Å². The van der Waals surface area contributed by atoms with Gasteiger partial charge in [-0.25, -0.2) is 0 Å². The van der Waals surface area contributed by atoms with Crippen LogP contribution in [0.4, 0.5) is 0 Å². The summed E-state index contributed by atoms with van der Waals surface area (Å²) in [6.45, 7) is 7.74. The van der Waals surface area contributed by atoms with Crippen LogP contribution in [-0.2, 0) is 4.74 Å². The highest BCUT2D eigenvalue weighted by atomic mass is 16.5. The normalized spacial score (nSPS) is 25.6. The Morgan fingerprint density at radius 2 is 1.95 bits per heavy atom. The fourth-order valence-electron chi connectivity index (χ4n) is 3.09. The first-order chi connectivity index (χ1) is 9.54. The van der Waals surface area contributed by atoms with Crippen molar-refractivity contribution in [3.05, 3.63) is 24.0 Å². The molecule has 1 N–H and O–H groups in total. The molecule has 2 heteroatoms. The predicted molar refractivity (Wildman–Crippen MR) is 85.7 cm³/mol. The highest BCUT2D eigenvalue weighted by molar-refractivity contribution is 5.14. The lowest BCUT2D eigenvalue weighted by molar-refractivity contribution is 0.163. The summed E-state index contributed by atoms with van der Waals surface area (Å²) in [5, 5.41) is 3.67. The van der Waals surface area contributed by atoms with Gasteiger partial charge in [-0.15, -0.1) is 0 Å². The third-order valence-corrected chi connectivity index (χ3v) is 4.32. The van der Waals surface area contributed by atoms with Crippen LogP contribution in [-0.4, -0.2) is 18.2 Å². The Morgan fingerprint density at radius 1 is 1.20 bits per heavy atom. The molecule has 0 bridgehead atoms. The van der Waals surface area contributed by atoms with Crippen molar-refractivity contribution in [3.63, 3.8) is 0 Å². The van der Waals surface area contributed by atoms with E-state index in [1.165, 1.54) is 32.1 Å². The Labute approximate surface area is 124 Å². The van der Waals surface area contributed by atoms with E-state index in [1.54, 1.807) is 5.57 Å². The van der Waals surface area contributed by atoms with E-state index in [0.717, 1.165) is 25.3 Å². The summed E-state index contributed by atoms with van der Waals surface area (Å²) in [4.78, 5) is 0. The first-order valence-corrected chi connectivity index (χ1v) is 8.31. The molecule has 1 aliphatic heterocycles. The van der Waals surface area contributed by atoms with Crippen LogP contribution in [0.5, 0.6) is 0 Å². The number of allylic oxidation sites excluding steroid dienone is 1. The van der Waals surface area contributed by atoms with Crippen LogP contribution in [0.1, 0.15) is 65.7 Å². The standard InChI is InChI=1S/C18H31NO/c1-18(2,3)19-14-16(15-9-5-4-6-10-15)13-17-11-7-8-12-20-17/h8,12-13,15,17,19H,4-7,9-11,14H2,1-3H3/b16-13-. The van der Waals surface area contributed by atoms with Crippen LogP contribution in [0, 0.1) is 5.92 Å². The van der Waals surface area contributed by atoms with Crippen LogP contribution in [0.2, 0.25) is 0 Å². The van der Waals surface area contributed by atoms with Crippen LogP contribution < -0.4 is 5.32 Å². The third-order valence-electron chi connectivity index (χ3n) is 4.32. The van der Waals surface area contributed by atoms with Gasteiger partial charge in [-0.2, -0.15) is 0 Å². The maximum absolute atomic E-state index is 5.75. The highest BCUT2D eigenvalue weighted by Crippen LogP contribution is 2.30. The van der Waals surface area contributed by atoms with Crippen LogP contribution in [0.3, 0.4) is 0 Å². The molecule has 20 heavy (non-hydrogen) atoms. The number of hydrogen-bond donors (Lipinski definition) is 1. The van der Waals surface area contributed by atoms with Crippen molar-refractivity contribution in [2.45, 2.75) is 77.4 Å². The van der Waals surface area contributed by atoms with Gasteiger partial charge in [0.2, 0.25) is 0 Å². The van der Waals surface area contributed by atoms with E-state index >= 15 is 0 Å². The number of hydrogen-bond acceptors (Lipinski definition) is 2. The zero-order valence-electron chi connectivity index (χ0n) is 13.5. The first-order valence-electron chi connectivity index (χ1n) is 8.31. The SMILES string of the molecule is CC(C)(C)NC/C(=C/C1CCC=CO1)C1CCCCC1. The number of rotatable bonds is 4. The van der Waals surface area contributed by atoms with E-state index < -0.39 is 0 Å². The molecule has 0 radical (unpaired) electrons. The second kappa shape index (κ2) is 7.31. The van der Waals surface area contributed by atoms with Crippen molar-refractivity contribution in [3.8, 4) is 0 Å². The maximum Gasteiger partial charge on any atom is 0.117 e. The molecule has 0 aromatic rings. The van der Waals surface area contributed by atoms with Gasteiger partial charge in [-0.3, -0.25) is 0 Å². The smallest absolute Gasteiger partial charge is 0.117 e. The molecule has 2 nitrogen and oxygen atoms in total. The largest absolute Gasteiger partial charge is 0.494 e. The van der Waals surface area contributed by atoms with E-state index in [4.69, 9.17) is 4.74 Å². The van der Waals surface area contributed by atoms with Gasteiger partial charge in [0.15, 0.2) is 0 Å². The van der Waals surface area contributed by atoms with Crippen molar-refractivity contribution in [2.75, 3.05) is 6.54 Å². The predicted octanol–water partition coefficient (Wildman–Crippen LogP) is 4.57. The summed E-state index contributed by atoms with van der Waals surface area (Å²) < 4.78 is 5.75. The molecule has 1 aliphatic carbocycles. The molecule has 1 atom stereocenters. The molecular formula is C18H31NO. The average Bonchev–Trinajstić information content (AvgIpc) is 2.44. The maximum atomic E-state index is 5.75. The molecule has 0 spiro atoms. The fraction of sp³-hybridized carbons (Fsp3) is 0.778. The lowest BCUT2D eigenvalue weighted by Crippen LogP contribution is -2.38. The molecule has 1 unspecified atom stereocenters. The summed E-state index contributed by atoms with van der Waals surface area (Å²) in [5.41, 5.74) is 1.76. The minimum absolute atomic E-state index is 0.182. The van der Waals surface area contributed by atoms with Gasteiger partial charge in [0, 0.05) is 12.1 Å². The minimum Gasteiger partial charge on any atom is -0.494 e. The van der Waals surface area contributed by atoms with Gasteiger partial charge in [0.25, 0.3) is 0 Å². The quantitative estimate of drug-likeness (QED) is 0.760. The molecule has 0 saturated heterocycles. The molecule has 1 fully saturated rings. The van der Waals surface area contributed by atoms with E-state index in [0.29, 0.717) is 6.10 Å². The van der Waals surface area contributed by atoms with Gasteiger partial charge in [-0.1, -0.05) is 24.8 Å². The van der Waals surface area contributed by atoms with Gasteiger partial charge >= 0.3 is 0 Å². The van der Waals surface area contributed by atoms with E-state index in [2.05, 4.69) is 38.2 Å². The summed E-state index contributed by atoms with van der Waals surface area (Å²) in [5.74, 6) is 0.771. The van der Waals surface area contributed by atoms with Crippen LogP contribution >= 0.6 is 0 Å². The summed E-state index contributed by atoms with van der Waals surface area (Å²) in [7, 11) is 0. The zero-order valence-corrected chi connectivity index (χ0v) is 13.5. The van der Waals surface area contributed by atoms with E-state index in [-0.39, 0.29) is 5.54 Å². The van der Waals surface area contributed by atoms with Gasteiger partial charge < -0.3 is 10.1 Å². The Morgan fingerprint density at radius 3 is 2.55 bits per heavy atom. The topological polar surface area (TPSA) is 21.3 Å². The second-order valence-corrected chi connectivity index (χ2v) is 7.30. The lowest BCUT2D eigenvalue weighted by Gasteiger charge is -2.29. The highest BCUT2D eigenvalue weighted by Gasteiger charge is 2.21. The lowest BCUT2D eigenvalue weighted by atomic mass is 9.82. The molecule has 2 aliphatic rings. The summed E-state index contributed by atoms with van der Waals surface area (Å²) in [6, 6.07) is 0. The first kappa shape index (κ1) is 15.6. The van der Waals surface area contributed by atoms with Crippen molar-refractivity contribution in [2.24, 2.45) is 5.92 Å². The third kappa shape index (κ3) is 5.32. The van der Waals surface area contributed by atoms with Crippen molar-refractivity contribution in [1.29, 1.82) is 0 Å². The summed E-state index contributed by atoms with van der Waals surface area (Å²) >= 11 is 0. The average molecular weight is 277 g/mol. The minimum atomic E-state index is 0.182. The Bertz CT molecular complexity index is 345. The zero-order chi connectivity index (χ0) is 14.4. The number of nitrogens with one attached hydrogen (secondary N) is 1.